The molecule has 0 fully saturated rings. The second-order valence-electron chi connectivity index (χ2n) is 5.15. The van der Waals surface area contributed by atoms with Gasteiger partial charge in [0.05, 0.1) is 4.47 Å². The van der Waals surface area contributed by atoms with Crippen molar-refractivity contribution in [3.8, 4) is 0 Å². The van der Waals surface area contributed by atoms with Crippen molar-refractivity contribution in [3.63, 3.8) is 0 Å². The fourth-order valence-electron chi connectivity index (χ4n) is 1.03. The molecule has 1 rings (SSSR count). The average molecular weight is 356 g/mol. The number of aromatic nitrogens is 1. The number of halogens is 2. The largest absolute Gasteiger partial charge is 0.242 e. The number of hydrogen-bond donors (Lipinski definition) is 1. The van der Waals surface area contributed by atoms with Gasteiger partial charge in [-0.2, -0.15) is 0 Å². The zero-order valence-corrected chi connectivity index (χ0v) is 13.8. The van der Waals surface area contributed by atoms with Crippen LogP contribution in [0.25, 0.3) is 0 Å². The molecule has 1 N–H and O–H groups in total. The SMILES string of the molecule is CC(NS(=O)(=O)c1cnc(Cl)c(Br)c1)C(C)(C)C. The Morgan fingerprint density at radius 1 is 1.44 bits per heavy atom. The third kappa shape index (κ3) is 3.91. The van der Waals surface area contributed by atoms with Crippen LogP contribution in [0.1, 0.15) is 27.7 Å². The molecule has 1 heterocycles. The minimum atomic E-state index is -3.58. The van der Waals surface area contributed by atoms with Crippen molar-refractivity contribution in [1.82, 2.24) is 9.71 Å². The van der Waals surface area contributed by atoms with Gasteiger partial charge in [-0.3, -0.25) is 0 Å². The van der Waals surface area contributed by atoms with Crippen molar-refractivity contribution in [2.45, 2.75) is 38.6 Å². The summed E-state index contributed by atoms with van der Waals surface area (Å²) in [6.07, 6.45) is 1.24. The molecule has 4 nitrogen and oxygen atoms in total. The highest BCUT2D eigenvalue weighted by Gasteiger charge is 2.26. The van der Waals surface area contributed by atoms with Gasteiger partial charge in [-0.05, 0) is 34.3 Å². The lowest BCUT2D eigenvalue weighted by Gasteiger charge is -2.27. The van der Waals surface area contributed by atoms with Crippen LogP contribution >= 0.6 is 27.5 Å². The Labute approximate surface area is 121 Å². The second-order valence-corrected chi connectivity index (χ2v) is 8.08. The van der Waals surface area contributed by atoms with Crippen LogP contribution in [0.2, 0.25) is 5.15 Å². The number of rotatable bonds is 3. The van der Waals surface area contributed by atoms with E-state index in [1.165, 1.54) is 12.3 Å². The van der Waals surface area contributed by atoms with Gasteiger partial charge in [0.25, 0.3) is 0 Å². The van der Waals surface area contributed by atoms with Crippen LogP contribution in [0.3, 0.4) is 0 Å². The Kier molecular flexibility index (Phi) is 4.81. The van der Waals surface area contributed by atoms with Gasteiger partial charge in [0, 0.05) is 12.2 Å². The first kappa shape index (κ1) is 15.9. The van der Waals surface area contributed by atoms with Gasteiger partial charge in [0.1, 0.15) is 10.0 Å². The lowest BCUT2D eigenvalue weighted by Crippen LogP contribution is -2.41. The first-order valence-electron chi connectivity index (χ1n) is 5.37. The Bertz CT molecular complexity index is 540. The fourth-order valence-corrected chi connectivity index (χ4v) is 3.05. The van der Waals surface area contributed by atoms with Crippen LogP contribution in [-0.2, 0) is 10.0 Å². The van der Waals surface area contributed by atoms with Crippen LogP contribution in [0, 0.1) is 5.41 Å². The molecule has 102 valence electrons. The van der Waals surface area contributed by atoms with Gasteiger partial charge >= 0.3 is 0 Å². The first-order chi connectivity index (χ1) is 8.04. The molecule has 7 heteroatoms. The minimum Gasteiger partial charge on any atom is -0.242 e. The van der Waals surface area contributed by atoms with E-state index in [0.717, 1.165) is 0 Å². The number of sulfonamides is 1. The molecule has 1 aromatic heterocycles. The number of pyridine rings is 1. The van der Waals surface area contributed by atoms with Crippen molar-refractivity contribution in [3.05, 3.63) is 21.9 Å². The summed E-state index contributed by atoms with van der Waals surface area (Å²) >= 11 is 8.89. The van der Waals surface area contributed by atoms with Crippen LogP contribution in [0.4, 0.5) is 0 Å². The zero-order chi connectivity index (χ0) is 14.1. The van der Waals surface area contributed by atoms with E-state index in [9.17, 15) is 8.42 Å². The molecule has 0 amide bonds. The molecule has 1 aromatic rings. The van der Waals surface area contributed by atoms with Crippen molar-refractivity contribution in [2.75, 3.05) is 0 Å². The van der Waals surface area contributed by atoms with E-state index in [1.54, 1.807) is 0 Å². The Morgan fingerprint density at radius 2 is 2.00 bits per heavy atom. The summed E-state index contributed by atoms with van der Waals surface area (Å²) in [5, 5.41) is 0.234. The summed E-state index contributed by atoms with van der Waals surface area (Å²) in [5.74, 6) is 0. The highest BCUT2D eigenvalue weighted by molar-refractivity contribution is 9.10. The monoisotopic (exact) mass is 354 g/mol. The number of hydrogen-bond acceptors (Lipinski definition) is 3. The van der Waals surface area contributed by atoms with Gasteiger partial charge in [-0.1, -0.05) is 32.4 Å². The summed E-state index contributed by atoms with van der Waals surface area (Å²) < 4.78 is 27.4. The molecule has 0 spiro atoms. The van der Waals surface area contributed by atoms with E-state index in [0.29, 0.717) is 4.47 Å². The van der Waals surface area contributed by atoms with Crippen molar-refractivity contribution < 1.29 is 8.42 Å². The minimum absolute atomic E-state index is 0.0925. The van der Waals surface area contributed by atoms with E-state index in [2.05, 4.69) is 25.6 Å². The summed E-state index contributed by atoms with van der Waals surface area (Å²) in [5.41, 5.74) is -0.163. The summed E-state index contributed by atoms with van der Waals surface area (Å²) in [6.45, 7) is 7.73. The van der Waals surface area contributed by atoms with Crippen LogP contribution < -0.4 is 4.72 Å². The van der Waals surface area contributed by atoms with Crippen LogP contribution in [0.5, 0.6) is 0 Å². The Hall–Kier alpha value is -0.170. The molecule has 0 bridgehead atoms. The maximum atomic E-state index is 12.1. The molecule has 18 heavy (non-hydrogen) atoms. The molecule has 0 aliphatic carbocycles. The standard InChI is InChI=1S/C11H16BrClN2O2S/c1-7(11(2,3)4)15-18(16,17)8-5-9(12)10(13)14-6-8/h5-7,15H,1-4H3. The van der Waals surface area contributed by atoms with E-state index < -0.39 is 10.0 Å². The lowest BCUT2D eigenvalue weighted by atomic mass is 9.89. The smallest absolute Gasteiger partial charge is 0.242 e. The molecular formula is C11H16BrClN2O2S. The Balaban J connectivity index is 3.04. The van der Waals surface area contributed by atoms with Gasteiger partial charge in [0.2, 0.25) is 10.0 Å². The summed E-state index contributed by atoms with van der Waals surface area (Å²) in [7, 11) is -3.58. The topological polar surface area (TPSA) is 59.1 Å². The lowest BCUT2D eigenvalue weighted by molar-refractivity contribution is 0.317. The molecule has 0 aliphatic heterocycles. The quantitative estimate of drug-likeness (QED) is 0.847. The summed E-state index contributed by atoms with van der Waals surface area (Å²) in [4.78, 5) is 3.91. The van der Waals surface area contributed by atoms with Gasteiger partial charge in [-0.15, -0.1) is 0 Å². The van der Waals surface area contributed by atoms with Crippen molar-refractivity contribution in [1.29, 1.82) is 0 Å². The van der Waals surface area contributed by atoms with E-state index in [1.807, 2.05) is 27.7 Å². The maximum Gasteiger partial charge on any atom is 0.242 e. The molecule has 0 radical (unpaired) electrons. The van der Waals surface area contributed by atoms with Gasteiger partial charge < -0.3 is 0 Å². The normalized spacial score (nSPS) is 14.6. The molecule has 1 unspecified atom stereocenters. The highest BCUT2D eigenvalue weighted by Crippen LogP contribution is 2.24. The van der Waals surface area contributed by atoms with Crippen molar-refractivity contribution in [2.24, 2.45) is 5.41 Å². The van der Waals surface area contributed by atoms with Gasteiger partial charge in [-0.25, -0.2) is 18.1 Å². The number of nitrogens with zero attached hydrogens (tertiary/aromatic N) is 1. The van der Waals surface area contributed by atoms with Gasteiger partial charge in [0.15, 0.2) is 0 Å². The molecule has 0 aliphatic rings. The third-order valence-electron chi connectivity index (χ3n) is 2.71. The predicted molar refractivity (Wildman–Crippen MR) is 76.2 cm³/mol. The molecule has 0 aromatic carbocycles. The van der Waals surface area contributed by atoms with Crippen LogP contribution in [-0.4, -0.2) is 19.4 Å². The zero-order valence-electron chi connectivity index (χ0n) is 10.7. The summed E-state index contributed by atoms with van der Waals surface area (Å²) in [6, 6.07) is 1.24. The van der Waals surface area contributed by atoms with E-state index in [4.69, 9.17) is 11.6 Å². The fraction of sp³-hybridized carbons (Fsp3) is 0.545. The second kappa shape index (κ2) is 5.45. The van der Waals surface area contributed by atoms with Crippen LogP contribution in [0.15, 0.2) is 21.6 Å². The molecular weight excluding hydrogens is 340 g/mol. The highest BCUT2D eigenvalue weighted by atomic mass is 79.9. The Morgan fingerprint density at radius 3 is 2.44 bits per heavy atom. The molecule has 0 saturated carbocycles. The predicted octanol–water partition coefficient (Wildman–Crippen LogP) is 3.21. The number of nitrogens with one attached hydrogen (secondary N) is 1. The molecule has 1 atom stereocenters. The van der Waals surface area contributed by atoms with Crippen molar-refractivity contribution >= 4 is 37.6 Å². The molecule has 0 saturated heterocycles. The van der Waals surface area contributed by atoms with E-state index >= 15 is 0 Å². The third-order valence-corrected chi connectivity index (χ3v) is 5.35. The van der Waals surface area contributed by atoms with E-state index in [-0.39, 0.29) is 21.5 Å². The maximum absolute atomic E-state index is 12.1. The first-order valence-corrected chi connectivity index (χ1v) is 8.03. The average Bonchev–Trinajstić information content (AvgIpc) is 2.19.